The second kappa shape index (κ2) is 5.37. The number of carbonyl (C=O) groups is 1. The third-order valence-corrected chi connectivity index (χ3v) is 4.03. The molecule has 1 aliphatic heterocycles. The van der Waals surface area contributed by atoms with Crippen LogP contribution in [0.3, 0.4) is 0 Å². The fourth-order valence-electron chi connectivity index (χ4n) is 2.58. The molecule has 0 aromatic carbocycles. The Balaban J connectivity index is 1.86. The van der Waals surface area contributed by atoms with Crippen LogP contribution in [0.4, 0.5) is 0 Å². The lowest BCUT2D eigenvalue weighted by Crippen LogP contribution is -2.36. The number of nitrogens with zero attached hydrogens (tertiary/aromatic N) is 2. The molecule has 0 saturated heterocycles. The van der Waals surface area contributed by atoms with Gasteiger partial charge in [0.2, 0.25) is 0 Å². The summed E-state index contributed by atoms with van der Waals surface area (Å²) in [6.07, 6.45) is 2.99. The Morgan fingerprint density at radius 1 is 1.52 bits per heavy atom. The minimum atomic E-state index is -0.391. The van der Waals surface area contributed by atoms with Crippen LogP contribution in [-0.4, -0.2) is 32.5 Å². The minimum absolute atomic E-state index is 0.0242. The van der Waals surface area contributed by atoms with E-state index in [-0.39, 0.29) is 10.9 Å². The molecule has 7 heteroatoms. The molecular formula is C14H15ClN4O2. The van der Waals surface area contributed by atoms with E-state index >= 15 is 0 Å². The van der Waals surface area contributed by atoms with Gasteiger partial charge in [-0.2, -0.15) is 5.10 Å². The van der Waals surface area contributed by atoms with Gasteiger partial charge in [-0.25, -0.2) is 0 Å². The first-order chi connectivity index (χ1) is 10.1. The number of aryl methyl sites for hydroxylation is 1. The molecule has 0 bridgehead atoms. The van der Waals surface area contributed by atoms with Crippen molar-refractivity contribution in [2.24, 2.45) is 0 Å². The summed E-state index contributed by atoms with van der Waals surface area (Å²) < 4.78 is 0. The summed E-state index contributed by atoms with van der Waals surface area (Å²) >= 11 is 5.78. The number of fused-ring (bicyclic) bond motifs is 1. The molecule has 0 aliphatic carbocycles. The third kappa shape index (κ3) is 2.47. The number of H-pyrrole nitrogens is 2. The van der Waals surface area contributed by atoms with Crippen molar-refractivity contribution in [3.63, 3.8) is 0 Å². The zero-order valence-corrected chi connectivity index (χ0v) is 12.3. The Morgan fingerprint density at radius 3 is 3.05 bits per heavy atom. The van der Waals surface area contributed by atoms with E-state index in [1.54, 1.807) is 4.90 Å². The quantitative estimate of drug-likeness (QED) is 0.882. The number of amides is 1. The van der Waals surface area contributed by atoms with Crippen molar-refractivity contribution in [2.45, 2.75) is 26.3 Å². The zero-order valence-electron chi connectivity index (χ0n) is 11.6. The smallest absolute Gasteiger partial charge is 0.266 e. The Morgan fingerprint density at radius 2 is 2.33 bits per heavy atom. The molecule has 1 amide bonds. The molecule has 0 fully saturated rings. The molecule has 0 saturated carbocycles. The van der Waals surface area contributed by atoms with Crippen molar-refractivity contribution >= 4 is 17.5 Å². The van der Waals surface area contributed by atoms with Gasteiger partial charge in [0.05, 0.1) is 11.3 Å². The number of aromatic amines is 2. The minimum Gasteiger partial charge on any atom is -0.334 e. The Kier molecular flexibility index (Phi) is 3.55. The largest absolute Gasteiger partial charge is 0.334 e. The maximum atomic E-state index is 12.5. The van der Waals surface area contributed by atoms with Gasteiger partial charge in [-0.1, -0.05) is 18.5 Å². The molecule has 3 rings (SSSR count). The second-order valence-electron chi connectivity index (χ2n) is 5.02. The third-order valence-electron chi connectivity index (χ3n) is 3.75. The molecule has 3 heterocycles. The Labute approximate surface area is 126 Å². The van der Waals surface area contributed by atoms with Gasteiger partial charge in [0.1, 0.15) is 5.02 Å². The summed E-state index contributed by atoms with van der Waals surface area (Å²) in [6.45, 7) is 3.19. The summed E-state index contributed by atoms with van der Waals surface area (Å²) in [5, 5.41) is 7.34. The van der Waals surface area contributed by atoms with Crippen LogP contribution in [0.2, 0.25) is 5.02 Å². The highest BCUT2D eigenvalue weighted by atomic mass is 35.5. The normalized spacial score (nSPS) is 14.1. The topological polar surface area (TPSA) is 81.8 Å². The van der Waals surface area contributed by atoms with Crippen LogP contribution in [-0.2, 0) is 19.4 Å². The van der Waals surface area contributed by atoms with E-state index in [9.17, 15) is 9.59 Å². The van der Waals surface area contributed by atoms with Gasteiger partial charge in [0.25, 0.3) is 11.5 Å². The van der Waals surface area contributed by atoms with Crippen LogP contribution in [0.5, 0.6) is 0 Å². The molecule has 0 unspecified atom stereocenters. The summed E-state index contributed by atoms with van der Waals surface area (Å²) in [7, 11) is 0. The highest BCUT2D eigenvalue weighted by Crippen LogP contribution is 2.22. The number of rotatable bonds is 2. The number of carbonyl (C=O) groups excluding carboxylic acids is 1. The number of pyridine rings is 1. The first-order valence-electron chi connectivity index (χ1n) is 6.82. The van der Waals surface area contributed by atoms with Gasteiger partial charge < -0.3 is 9.88 Å². The number of nitrogens with one attached hydrogen (secondary N) is 2. The molecule has 0 spiro atoms. The Hall–Kier alpha value is -2.08. The fraction of sp³-hybridized carbons (Fsp3) is 0.357. The SMILES string of the molecule is CCc1n[nH]c2c1CN(C(=O)c1c[nH]c(=O)c(Cl)c1)CC2. The van der Waals surface area contributed by atoms with Crippen LogP contribution < -0.4 is 5.56 Å². The molecule has 0 radical (unpaired) electrons. The van der Waals surface area contributed by atoms with E-state index in [2.05, 4.69) is 15.2 Å². The monoisotopic (exact) mass is 306 g/mol. The van der Waals surface area contributed by atoms with Crippen molar-refractivity contribution in [1.29, 1.82) is 0 Å². The summed E-state index contributed by atoms with van der Waals surface area (Å²) in [4.78, 5) is 28.0. The molecule has 1 aliphatic rings. The maximum Gasteiger partial charge on any atom is 0.266 e. The van der Waals surface area contributed by atoms with Crippen LogP contribution in [0.15, 0.2) is 17.1 Å². The van der Waals surface area contributed by atoms with Gasteiger partial charge in [0, 0.05) is 37.0 Å². The van der Waals surface area contributed by atoms with Gasteiger partial charge in [-0.05, 0) is 12.5 Å². The molecule has 2 aromatic heterocycles. The standard InChI is InChI=1S/C14H15ClN4O2/c1-2-11-9-7-19(4-3-12(9)18-17-11)14(21)8-5-10(15)13(20)16-6-8/h5-6H,2-4,7H2,1H3,(H,16,20)(H,17,18). The van der Waals surface area contributed by atoms with Crippen molar-refractivity contribution in [3.05, 3.63) is 50.2 Å². The second-order valence-corrected chi connectivity index (χ2v) is 5.43. The first kappa shape index (κ1) is 13.9. The molecule has 6 nitrogen and oxygen atoms in total. The van der Waals surface area contributed by atoms with Crippen LogP contribution in [0, 0.1) is 0 Å². The van der Waals surface area contributed by atoms with Gasteiger partial charge in [-0.3, -0.25) is 14.7 Å². The van der Waals surface area contributed by atoms with Gasteiger partial charge in [0.15, 0.2) is 0 Å². The number of hydrogen-bond donors (Lipinski definition) is 2. The summed E-state index contributed by atoms with van der Waals surface area (Å²) in [6, 6.07) is 1.41. The van der Waals surface area contributed by atoms with Crippen LogP contribution in [0.25, 0.3) is 0 Å². The molecule has 2 N–H and O–H groups in total. The lowest BCUT2D eigenvalue weighted by atomic mass is 10.0. The van der Waals surface area contributed by atoms with Gasteiger partial charge in [-0.15, -0.1) is 0 Å². The van der Waals surface area contributed by atoms with Crippen molar-refractivity contribution < 1.29 is 4.79 Å². The number of halogens is 1. The Bertz CT molecular complexity index is 736. The first-order valence-corrected chi connectivity index (χ1v) is 7.20. The fourth-order valence-corrected chi connectivity index (χ4v) is 2.75. The highest BCUT2D eigenvalue weighted by Gasteiger charge is 2.25. The van der Waals surface area contributed by atoms with E-state index in [0.29, 0.717) is 18.7 Å². The van der Waals surface area contributed by atoms with Crippen LogP contribution in [0.1, 0.15) is 34.2 Å². The van der Waals surface area contributed by atoms with E-state index in [0.717, 1.165) is 29.8 Å². The van der Waals surface area contributed by atoms with E-state index < -0.39 is 5.56 Å². The van der Waals surface area contributed by atoms with Gasteiger partial charge >= 0.3 is 0 Å². The summed E-state index contributed by atoms with van der Waals surface area (Å²) in [5.74, 6) is -0.137. The average molecular weight is 307 g/mol. The number of hydrogen-bond acceptors (Lipinski definition) is 3. The lowest BCUT2D eigenvalue weighted by Gasteiger charge is -2.27. The predicted octanol–water partition coefficient (Wildman–Crippen LogP) is 1.51. The predicted molar refractivity (Wildman–Crippen MR) is 78.5 cm³/mol. The lowest BCUT2D eigenvalue weighted by molar-refractivity contribution is 0.0733. The van der Waals surface area contributed by atoms with E-state index in [1.165, 1.54) is 12.3 Å². The highest BCUT2D eigenvalue weighted by molar-refractivity contribution is 6.30. The molecule has 2 aromatic rings. The van der Waals surface area contributed by atoms with E-state index in [4.69, 9.17) is 11.6 Å². The molecular weight excluding hydrogens is 292 g/mol. The maximum absolute atomic E-state index is 12.5. The average Bonchev–Trinajstić information content (AvgIpc) is 2.91. The summed E-state index contributed by atoms with van der Waals surface area (Å²) in [5.41, 5.74) is 3.21. The zero-order chi connectivity index (χ0) is 15.0. The molecule has 0 atom stereocenters. The van der Waals surface area contributed by atoms with Crippen molar-refractivity contribution in [2.75, 3.05) is 6.54 Å². The molecule has 110 valence electrons. The van der Waals surface area contributed by atoms with E-state index in [1.807, 2.05) is 6.92 Å². The van der Waals surface area contributed by atoms with Crippen molar-refractivity contribution in [3.8, 4) is 0 Å². The molecule has 21 heavy (non-hydrogen) atoms. The number of aromatic nitrogens is 3. The van der Waals surface area contributed by atoms with Crippen LogP contribution >= 0.6 is 11.6 Å². The van der Waals surface area contributed by atoms with Crippen molar-refractivity contribution in [1.82, 2.24) is 20.1 Å².